The molecular weight excluding hydrogens is 148 g/mol. The highest BCUT2D eigenvalue weighted by Gasteiger charge is 1.98. The number of rotatable bonds is 1. The molecule has 0 bridgehead atoms. The Hall–Kier alpha value is -1.44. The van der Waals surface area contributed by atoms with E-state index in [1.54, 1.807) is 0 Å². The smallest absolute Gasteiger partial charge is 0.00312 e. The number of hydrogen-bond acceptors (Lipinski definition) is 1. The van der Waals surface area contributed by atoms with Crippen LogP contribution in [0.2, 0.25) is 0 Å². The lowest BCUT2D eigenvalue weighted by Crippen LogP contribution is -2.09. The third-order valence-corrected chi connectivity index (χ3v) is 1.96. The Morgan fingerprint density at radius 2 is 2.17 bits per heavy atom. The van der Waals surface area contributed by atoms with Crippen molar-refractivity contribution in [1.82, 2.24) is 4.98 Å². The molecule has 62 valence electrons. The summed E-state index contributed by atoms with van der Waals surface area (Å²) in [7, 11) is 4.07. The Morgan fingerprint density at radius 3 is 2.92 bits per heavy atom. The van der Waals surface area contributed by atoms with Crippen molar-refractivity contribution >= 4 is 5.69 Å². The van der Waals surface area contributed by atoms with Crippen LogP contribution in [0.1, 0.15) is 0 Å². The van der Waals surface area contributed by atoms with Crippen LogP contribution in [0, 0.1) is 6.07 Å². The van der Waals surface area contributed by atoms with Gasteiger partial charge in [-0.05, 0) is 26.0 Å². The summed E-state index contributed by atoms with van der Waals surface area (Å²) in [5.74, 6) is 0. The molecule has 0 aromatic heterocycles. The van der Waals surface area contributed by atoms with Crippen molar-refractivity contribution in [3.8, 4) is 11.3 Å². The van der Waals surface area contributed by atoms with E-state index in [0.29, 0.717) is 0 Å². The van der Waals surface area contributed by atoms with E-state index < -0.39 is 0 Å². The second kappa shape index (κ2) is 2.55. The number of hydrogen-bond donors (Lipinski definition) is 1. The monoisotopic (exact) mass is 159 g/mol. The third-order valence-electron chi connectivity index (χ3n) is 1.96. The number of nitrogens with one attached hydrogen (secondary N) is 1. The number of H-pyrrole nitrogens is 1. The van der Waals surface area contributed by atoms with Gasteiger partial charge in [0.2, 0.25) is 0 Å². The third kappa shape index (κ3) is 0.961. The summed E-state index contributed by atoms with van der Waals surface area (Å²) in [5.41, 5.74) is 3.50. The first-order valence-electron chi connectivity index (χ1n) is 3.94. The molecule has 2 heteroatoms. The zero-order valence-electron chi connectivity index (χ0n) is 7.26. The molecule has 2 rings (SSSR count). The predicted molar refractivity (Wildman–Crippen MR) is 50.6 cm³/mol. The van der Waals surface area contributed by atoms with E-state index in [0.717, 1.165) is 11.3 Å². The molecule has 2 aliphatic rings. The number of aromatic nitrogens is 1. The zero-order valence-corrected chi connectivity index (χ0v) is 7.26. The summed E-state index contributed by atoms with van der Waals surface area (Å²) in [5, 5.41) is 0. The number of nitrogens with zero attached hydrogens (tertiary/aromatic N) is 1. The minimum atomic E-state index is 1.14. The van der Waals surface area contributed by atoms with Crippen LogP contribution in [0.5, 0.6) is 0 Å². The summed E-state index contributed by atoms with van der Waals surface area (Å²) in [4.78, 5) is 5.26. The van der Waals surface area contributed by atoms with E-state index in [9.17, 15) is 0 Å². The van der Waals surface area contributed by atoms with E-state index in [2.05, 4.69) is 22.0 Å². The lowest BCUT2D eigenvalue weighted by atomic mass is 10.2. The van der Waals surface area contributed by atoms with Gasteiger partial charge in [-0.2, -0.15) is 12.1 Å². The molecule has 0 aromatic carbocycles. The van der Waals surface area contributed by atoms with Crippen molar-refractivity contribution in [2.75, 3.05) is 19.0 Å². The molecule has 1 heterocycles. The number of anilines is 1. The lowest BCUT2D eigenvalue weighted by molar-refractivity contribution is 1.12. The molecule has 0 unspecified atom stereocenters. The molecular formula is C10H11N2-. The van der Waals surface area contributed by atoms with Crippen LogP contribution in [-0.2, 0) is 0 Å². The Bertz CT molecular complexity index is 349. The summed E-state index contributed by atoms with van der Waals surface area (Å²) in [6.07, 6.45) is 1.95. The van der Waals surface area contributed by atoms with E-state index >= 15 is 0 Å². The van der Waals surface area contributed by atoms with E-state index in [1.165, 1.54) is 5.69 Å². The van der Waals surface area contributed by atoms with Crippen molar-refractivity contribution in [3.63, 3.8) is 0 Å². The zero-order chi connectivity index (χ0) is 8.55. The van der Waals surface area contributed by atoms with Crippen LogP contribution in [0.15, 0.2) is 24.4 Å². The van der Waals surface area contributed by atoms with Gasteiger partial charge in [-0.15, -0.1) is 11.6 Å². The molecule has 1 aliphatic heterocycles. The first-order valence-corrected chi connectivity index (χ1v) is 3.94. The normalized spacial score (nSPS) is 10.5. The molecule has 0 amide bonds. The lowest BCUT2D eigenvalue weighted by Gasteiger charge is -2.22. The molecule has 2 nitrogen and oxygen atoms in total. The molecule has 0 radical (unpaired) electrons. The fraction of sp³-hybridized carbons (Fsp3) is 0.200. The van der Waals surface area contributed by atoms with Crippen molar-refractivity contribution in [1.29, 1.82) is 0 Å². The SMILES string of the molecule is CN(C)c1cc[nH]c2cc[c-]c1-2. The maximum atomic E-state index is 3.20. The Balaban J connectivity index is 2.63. The topological polar surface area (TPSA) is 19.0 Å². The largest absolute Gasteiger partial charge is 0.415 e. The minimum absolute atomic E-state index is 1.14. The minimum Gasteiger partial charge on any atom is -0.415 e. The maximum absolute atomic E-state index is 3.20. The van der Waals surface area contributed by atoms with Gasteiger partial charge >= 0.3 is 0 Å². The molecule has 0 aromatic rings. The fourth-order valence-electron chi connectivity index (χ4n) is 1.37. The second-order valence-corrected chi connectivity index (χ2v) is 3.02. The van der Waals surface area contributed by atoms with Crippen molar-refractivity contribution in [2.24, 2.45) is 0 Å². The van der Waals surface area contributed by atoms with Gasteiger partial charge in [-0.25, -0.2) is 0 Å². The number of pyridine rings is 1. The summed E-state index contributed by atoms with van der Waals surface area (Å²) >= 11 is 0. The van der Waals surface area contributed by atoms with Crippen LogP contribution in [0.25, 0.3) is 11.3 Å². The first kappa shape index (κ1) is 7.22. The van der Waals surface area contributed by atoms with Gasteiger partial charge in [0.05, 0.1) is 0 Å². The quantitative estimate of drug-likeness (QED) is 0.630. The van der Waals surface area contributed by atoms with Crippen molar-refractivity contribution in [3.05, 3.63) is 30.5 Å². The molecule has 0 saturated carbocycles. The Morgan fingerprint density at radius 1 is 1.33 bits per heavy atom. The van der Waals surface area contributed by atoms with Crippen LogP contribution < -0.4 is 4.90 Å². The molecule has 12 heavy (non-hydrogen) atoms. The summed E-state index contributed by atoms with van der Waals surface area (Å²) in [6.45, 7) is 0. The first-order chi connectivity index (χ1) is 5.79. The van der Waals surface area contributed by atoms with Gasteiger partial charge in [0.25, 0.3) is 0 Å². The number of aromatic amines is 1. The van der Waals surface area contributed by atoms with Gasteiger partial charge in [0.1, 0.15) is 0 Å². The number of fused-ring (bicyclic) bond motifs is 1. The van der Waals surface area contributed by atoms with Gasteiger partial charge in [-0.1, -0.05) is 11.8 Å². The van der Waals surface area contributed by atoms with Gasteiger partial charge < -0.3 is 9.88 Å². The molecule has 1 aliphatic carbocycles. The van der Waals surface area contributed by atoms with Gasteiger partial charge in [0.15, 0.2) is 0 Å². The highest BCUT2D eigenvalue weighted by molar-refractivity contribution is 5.77. The van der Waals surface area contributed by atoms with Crippen molar-refractivity contribution in [2.45, 2.75) is 0 Å². The van der Waals surface area contributed by atoms with Crippen molar-refractivity contribution < 1.29 is 0 Å². The average Bonchev–Trinajstić information content (AvgIpc) is 2.49. The fourth-order valence-corrected chi connectivity index (χ4v) is 1.37. The maximum Gasteiger partial charge on any atom is -0.00312 e. The average molecular weight is 159 g/mol. The highest BCUT2D eigenvalue weighted by atomic mass is 15.1. The van der Waals surface area contributed by atoms with Gasteiger partial charge in [0, 0.05) is 0 Å². The van der Waals surface area contributed by atoms with E-state index in [1.807, 2.05) is 32.4 Å². The van der Waals surface area contributed by atoms with Crippen LogP contribution in [0.3, 0.4) is 0 Å². The Kier molecular flexibility index (Phi) is 1.54. The Labute approximate surface area is 72.2 Å². The summed E-state index contributed by atoms with van der Waals surface area (Å²) < 4.78 is 0. The molecule has 1 N–H and O–H groups in total. The van der Waals surface area contributed by atoms with Crippen LogP contribution in [0.4, 0.5) is 5.69 Å². The molecule has 0 saturated heterocycles. The highest BCUT2D eigenvalue weighted by Crippen LogP contribution is 2.29. The van der Waals surface area contributed by atoms with Crippen LogP contribution >= 0.6 is 0 Å². The standard InChI is InChI=1S/C10H11N2/c1-12(2)10-6-7-11-9-5-3-4-8(9)10/h3,5-7,11H,1-2H3/q-1. The van der Waals surface area contributed by atoms with E-state index in [-0.39, 0.29) is 0 Å². The second-order valence-electron chi connectivity index (χ2n) is 3.02. The van der Waals surface area contributed by atoms with Gasteiger partial charge in [-0.3, -0.25) is 0 Å². The molecule has 0 fully saturated rings. The molecule has 0 atom stereocenters. The molecule has 0 spiro atoms. The van der Waals surface area contributed by atoms with Crippen LogP contribution in [-0.4, -0.2) is 19.1 Å². The predicted octanol–water partition coefficient (Wildman–Crippen LogP) is 1.99. The summed E-state index contributed by atoms with van der Waals surface area (Å²) in [6, 6.07) is 9.22. The van der Waals surface area contributed by atoms with E-state index in [4.69, 9.17) is 0 Å².